The zero-order valence-corrected chi connectivity index (χ0v) is 12.6. The molecule has 0 radical (unpaired) electrons. The van der Waals surface area contributed by atoms with E-state index in [2.05, 4.69) is 10.2 Å². The number of rotatable bonds is 3. The highest BCUT2D eigenvalue weighted by atomic mass is 35.5. The molecule has 3 nitrogen and oxygen atoms in total. The Hall–Kier alpha value is -0.770. The molecule has 2 heterocycles. The smallest absolute Gasteiger partial charge is 0.120 e. The summed E-state index contributed by atoms with van der Waals surface area (Å²) in [6.45, 7) is 4.23. The van der Waals surface area contributed by atoms with Crippen molar-refractivity contribution in [3.05, 3.63) is 28.8 Å². The van der Waals surface area contributed by atoms with Gasteiger partial charge >= 0.3 is 0 Å². The molecule has 0 aliphatic carbocycles. The molecule has 4 heteroatoms. The van der Waals surface area contributed by atoms with E-state index in [0.717, 1.165) is 31.1 Å². The Labute approximate surface area is 125 Å². The molecule has 2 aliphatic rings. The molecule has 1 aromatic carbocycles. The predicted molar refractivity (Wildman–Crippen MR) is 82.1 cm³/mol. The number of piperidine rings is 1. The van der Waals surface area contributed by atoms with Gasteiger partial charge in [-0.15, -0.1) is 0 Å². The van der Waals surface area contributed by atoms with Crippen LogP contribution in [-0.2, 0) is 6.54 Å². The number of nitrogens with one attached hydrogen (secondary N) is 1. The number of benzene rings is 1. The quantitative estimate of drug-likeness (QED) is 0.899. The van der Waals surface area contributed by atoms with Crippen molar-refractivity contribution < 1.29 is 5.11 Å². The number of phenolic OH excluding ortho intramolecular Hbond substituents is 1. The third-order valence-electron chi connectivity index (χ3n) is 4.64. The van der Waals surface area contributed by atoms with E-state index in [0.29, 0.717) is 16.8 Å². The summed E-state index contributed by atoms with van der Waals surface area (Å²) < 4.78 is 0. The molecule has 0 aromatic heterocycles. The van der Waals surface area contributed by atoms with E-state index in [-0.39, 0.29) is 0 Å². The summed E-state index contributed by atoms with van der Waals surface area (Å²) in [5.74, 6) is 1.11. The van der Waals surface area contributed by atoms with Crippen LogP contribution in [0.1, 0.15) is 31.2 Å². The summed E-state index contributed by atoms with van der Waals surface area (Å²) in [7, 11) is 0. The summed E-state index contributed by atoms with van der Waals surface area (Å²) >= 11 is 6.03. The molecule has 2 unspecified atom stereocenters. The van der Waals surface area contributed by atoms with Crippen LogP contribution < -0.4 is 5.32 Å². The second kappa shape index (κ2) is 6.33. The number of nitrogens with zero attached hydrogens (tertiary/aromatic N) is 1. The fourth-order valence-corrected chi connectivity index (χ4v) is 3.79. The Morgan fingerprint density at radius 3 is 3.00 bits per heavy atom. The maximum absolute atomic E-state index is 9.95. The maximum Gasteiger partial charge on any atom is 0.120 e. The van der Waals surface area contributed by atoms with E-state index in [1.165, 1.54) is 32.2 Å². The van der Waals surface area contributed by atoms with Crippen molar-refractivity contribution in [2.75, 3.05) is 19.6 Å². The van der Waals surface area contributed by atoms with Crippen LogP contribution in [0.2, 0.25) is 5.02 Å². The largest absolute Gasteiger partial charge is 0.508 e. The number of aromatic hydroxyl groups is 1. The van der Waals surface area contributed by atoms with Gasteiger partial charge in [0.15, 0.2) is 0 Å². The van der Waals surface area contributed by atoms with Crippen molar-refractivity contribution in [1.29, 1.82) is 0 Å². The van der Waals surface area contributed by atoms with Crippen molar-refractivity contribution in [2.24, 2.45) is 5.92 Å². The van der Waals surface area contributed by atoms with E-state index in [4.69, 9.17) is 11.6 Å². The average Bonchev–Trinajstić information content (AvgIpc) is 2.97. The lowest BCUT2D eigenvalue weighted by molar-refractivity contribution is 0.144. The van der Waals surface area contributed by atoms with E-state index in [1.54, 1.807) is 12.1 Å². The van der Waals surface area contributed by atoms with E-state index >= 15 is 0 Å². The summed E-state index contributed by atoms with van der Waals surface area (Å²) in [6, 6.07) is 6.01. The molecule has 3 rings (SSSR count). The number of phenols is 1. The Morgan fingerprint density at radius 1 is 1.30 bits per heavy atom. The molecule has 2 saturated heterocycles. The van der Waals surface area contributed by atoms with Gasteiger partial charge in [0.05, 0.1) is 0 Å². The molecule has 0 saturated carbocycles. The van der Waals surface area contributed by atoms with Gasteiger partial charge in [-0.2, -0.15) is 0 Å². The third kappa shape index (κ3) is 3.27. The highest BCUT2D eigenvalue weighted by Gasteiger charge is 2.29. The van der Waals surface area contributed by atoms with Crippen molar-refractivity contribution in [2.45, 2.75) is 38.3 Å². The molecule has 0 spiro atoms. The van der Waals surface area contributed by atoms with Gasteiger partial charge in [-0.25, -0.2) is 0 Å². The minimum Gasteiger partial charge on any atom is -0.508 e. The van der Waals surface area contributed by atoms with Gasteiger partial charge in [-0.05, 0) is 62.9 Å². The molecule has 110 valence electrons. The van der Waals surface area contributed by atoms with Crippen LogP contribution in [0.4, 0.5) is 0 Å². The highest BCUT2D eigenvalue weighted by Crippen LogP contribution is 2.28. The second-order valence-corrected chi connectivity index (χ2v) is 6.55. The summed E-state index contributed by atoms with van der Waals surface area (Å²) in [5, 5.41) is 14.3. The highest BCUT2D eigenvalue weighted by molar-refractivity contribution is 6.30. The minimum atomic E-state index is 0.357. The van der Waals surface area contributed by atoms with E-state index < -0.39 is 0 Å². The van der Waals surface area contributed by atoms with Gasteiger partial charge in [0.25, 0.3) is 0 Å². The molecule has 2 fully saturated rings. The van der Waals surface area contributed by atoms with Crippen molar-refractivity contribution >= 4 is 11.6 Å². The van der Waals surface area contributed by atoms with Crippen LogP contribution in [0.25, 0.3) is 0 Å². The van der Waals surface area contributed by atoms with Crippen molar-refractivity contribution in [3.63, 3.8) is 0 Å². The molecular formula is C16H23ClN2O. The Morgan fingerprint density at radius 2 is 2.20 bits per heavy atom. The number of hydrogen-bond acceptors (Lipinski definition) is 3. The van der Waals surface area contributed by atoms with Gasteiger partial charge in [0, 0.05) is 29.7 Å². The first-order valence-corrected chi connectivity index (χ1v) is 8.03. The van der Waals surface area contributed by atoms with Crippen LogP contribution in [0.3, 0.4) is 0 Å². The molecule has 2 aliphatic heterocycles. The third-order valence-corrected chi connectivity index (χ3v) is 4.88. The van der Waals surface area contributed by atoms with Gasteiger partial charge in [-0.3, -0.25) is 4.90 Å². The lowest BCUT2D eigenvalue weighted by Gasteiger charge is -2.36. The zero-order chi connectivity index (χ0) is 13.9. The van der Waals surface area contributed by atoms with E-state index in [1.807, 2.05) is 6.07 Å². The van der Waals surface area contributed by atoms with Crippen LogP contribution >= 0.6 is 11.6 Å². The molecule has 0 amide bonds. The van der Waals surface area contributed by atoms with Crippen molar-refractivity contribution in [1.82, 2.24) is 10.2 Å². The Bertz CT molecular complexity index is 460. The summed E-state index contributed by atoms with van der Waals surface area (Å²) in [4.78, 5) is 2.46. The first kappa shape index (κ1) is 14.2. The zero-order valence-electron chi connectivity index (χ0n) is 11.8. The van der Waals surface area contributed by atoms with E-state index in [9.17, 15) is 5.11 Å². The van der Waals surface area contributed by atoms with Crippen LogP contribution in [0.5, 0.6) is 5.75 Å². The van der Waals surface area contributed by atoms with Crippen LogP contribution in [0.15, 0.2) is 18.2 Å². The number of likely N-dealkylation sites (tertiary alicyclic amines) is 1. The molecule has 2 atom stereocenters. The Balaban J connectivity index is 1.63. The average molecular weight is 295 g/mol. The lowest BCUT2D eigenvalue weighted by Crippen LogP contribution is -2.43. The Kier molecular flexibility index (Phi) is 4.49. The van der Waals surface area contributed by atoms with Gasteiger partial charge in [0.2, 0.25) is 0 Å². The summed E-state index contributed by atoms with van der Waals surface area (Å²) in [6.07, 6.45) is 5.22. The fourth-order valence-electron chi connectivity index (χ4n) is 3.60. The predicted octanol–water partition coefficient (Wildman–Crippen LogP) is 3.01. The topological polar surface area (TPSA) is 35.5 Å². The second-order valence-electron chi connectivity index (χ2n) is 6.11. The number of hydrogen-bond donors (Lipinski definition) is 2. The normalized spacial score (nSPS) is 27.9. The first-order valence-electron chi connectivity index (χ1n) is 7.65. The SMILES string of the molecule is Oc1ccc(Cl)cc1CN1CCCC(C2CCCN2)C1. The van der Waals surface area contributed by atoms with Crippen molar-refractivity contribution in [3.8, 4) is 5.75 Å². The maximum atomic E-state index is 9.95. The molecule has 2 N–H and O–H groups in total. The standard InChI is InChI=1S/C16H23ClN2O/c17-14-5-6-16(20)13(9-14)11-19-8-2-3-12(10-19)15-4-1-7-18-15/h5-6,9,12,15,18,20H,1-4,7-8,10-11H2. The van der Waals surface area contributed by atoms with Gasteiger partial charge in [-0.1, -0.05) is 11.6 Å². The molecule has 0 bridgehead atoms. The monoisotopic (exact) mass is 294 g/mol. The summed E-state index contributed by atoms with van der Waals surface area (Å²) in [5.41, 5.74) is 0.942. The molecule has 1 aromatic rings. The molecule has 20 heavy (non-hydrogen) atoms. The van der Waals surface area contributed by atoms with Gasteiger partial charge in [0.1, 0.15) is 5.75 Å². The van der Waals surface area contributed by atoms with Gasteiger partial charge < -0.3 is 10.4 Å². The molecular weight excluding hydrogens is 272 g/mol. The minimum absolute atomic E-state index is 0.357. The lowest BCUT2D eigenvalue weighted by atomic mass is 9.89. The fraction of sp³-hybridized carbons (Fsp3) is 0.625. The van der Waals surface area contributed by atoms with Crippen LogP contribution in [0, 0.1) is 5.92 Å². The first-order chi connectivity index (χ1) is 9.72. The van der Waals surface area contributed by atoms with Crippen LogP contribution in [-0.4, -0.2) is 35.7 Å². The number of halogens is 1.